The van der Waals surface area contributed by atoms with Crippen LogP contribution in [-0.2, 0) is 9.59 Å². The van der Waals surface area contributed by atoms with E-state index in [0.29, 0.717) is 19.3 Å². The Morgan fingerprint density at radius 3 is 2.62 bits per heavy atom. The number of imide groups is 1. The Kier molecular flexibility index (Phi) is 3.36. The van der Waals surface area contributed by atoms with Gasteiger partial charge in [-0.1, -0.05) is 0 Å². The van der Waals surface area contributed by atoms with E-state index in [2.05, 4.69) is 0 Å². The third kappa shape index (κ3) is 2.31. The molecule has 1 aliphatic rings. The molecule has 16 heavy (non-hydrogen) atoms. The molecule has 0 radical (unpaired) electrons. The van der Waals surface area contributed by atoms with Gasteiger partial charge < -0.3 is 5.11 Å². The molecule has 0 spiro atoms. The van der Waals surface area contributed by atoms with Crippen molar-refractivity contribution < 1.29 is 14.7 Å². The van der Waals surface area contributed by atoms with Crippen molar-refractivity contribution in [3.05, 3.63) is 22.4 Å². The number of aliphatic hydroxyl groups is 1. The molecule has 2 rings (SSSR count). The third-order valence-corrected chi connectivity index (χ3v) is 3.37. The molecule has 1 aromatic heterocycles. The Morgan fingerprint density at radius 2 is 2.06 bits per heavy atom. The summed E-state index contributed by atoms with van der Waals surface area (Å²) in [5, 5.41) is 13.5. The topological polar surface area (TPSA) is 57.6 Å². The highest BCUT2D eigenvalue weighted by atomic mass is 32.1. The van der Waals surface area contributed by atoms with Gasteiger partial charge in [-0.25, -0.2) is 0 Å². The van der Waals surface area contributed by atoms with Gasteiger partial charge >= 0.3 is 0 Å². The second kappa shape index (κ2) is 4.76. The number of aliphatic hydroxyl groups excluding tert-OH is 1. The van der Waals surface area contributed by atoms with Gasteiger partial charge in [0.15, 0.2) is 0 Å². The Balaban J connectivity index is 2.03. The minimum Gasteiger partial charge on any atom is -0.387 e. The van der Waals surface area contributed by atoms with E-state index in [4.69, 9.17) is 0 Å². The van der Waals surface area contributed by atoms with Crippen LogP contribution in [0.1, 0.15) is 30.9 Å². The number of rotatable bonds is 3. The average molecular weight is 239 g/mol. The number of carbonyl (C=O) groups is 2. The summed E-state index contributed by atoms with van der Waals surface area (Å²) < 4.78 is 0. The van der Waals surface area contributed by atoms with E-state index in [1.807, 2.05) is 10.8 Å². The van der Waals surface area contributed by atoms with Crippen LogP contribution in [0.25, 0.3) is 0 Å². The highest BCUT2D eigenvalue weighted by Gasteiger charge is 2.28. The average Bonchev–Trinajstić information content (AvgIpc) is 2.76. The predicted molar refractivity (Wildman–Crippen MR) is 59.8 cm³/mol. The molecule has 1 aromatic rings. The molecule has 1 aliphatic heterocycles. The Bertz CT molecular complexity index is 372. The molecule has 0 bridgehead atoms. The van der Waals surface area contributed by atoms with Crippen LogP contribution in [0.2, 0.25) is 0 Å². The van der Waals surface area contributed by atoms with Crippen molar-refractivity contribution in [2.45, 2.75) is 25.4 Å². The Morgan fingerprint density at radius 1 is 1.38 bits per heavy atom. The van der Waals surface area contributed by atoms with E-state index in [1.54, 1.807) is 6.07 Å². The zero-order valence-electron chi connectivity index (χ0n) is 8.76. The van der Waals surface area contributed by atoms with E-state index in [9.17, 15) is 14.7 Å². The molecule has 86 valence electrons. The van der Waals surface area contributed by atoms with Crippen molar-refractivity contribution in [1.82, 2.24) is 4.90 Å². The molecular weight excluding hydrogens is 226 g/mol. The lowest BCUT2D eigenvalue weighted by Gasteiger charge is -2.26. The van der Waals surface area contributed by atoms with E-state index < -0.39 is 6.10 Å². The lowest BCUT2D eigenvalue weighted by Crippen LogP contribution is -2.42. The van der Waals surface area contributed by atoms with Gasteiger partial charge in [-0.3, -0.25) is 14.5 Å². The van der Waals surface area contributed by atoms with Crippen LogP contribution in [0.3, 0.4) is 0 Å². The third-order valence-electron chi connectivity index (χ3n) is 2.67. The van der Waals surface area contributed by atoms with Crippen molar-refractivity contribution in [3.63, 3.8) is 0 Å². The van der Waals surface area contributed by atoms with Crippen molar-refractivity contribution in [2.24, 2.45) is 0 Å². The molecule has 2 amide bonds. The van der Waals surface area contributed by atoms with Crippen molar-refractivity contribution in [3.8, 4) is 0 Å². The smallest absolute Gasteiger partial charge is 0.229 e. The van der Waals surface area contributed by atoms with E-state index >= 15 is 0 Å². The number of hydrogen-bond acceptors (Lipinski definition) is 4. The number of thiophene rings is 1. The highest BCUT2D eigenvalue weighted by Crippen LogP contribution is 2.20. The summed E-state index contributed by atoms with van der Waals surface area (Å²) >= 11 is 1.48. The number of amides is 2. The SMILES string of the molecule is O=C1CCCC(=O)N1CC(O)c1ccsc1. The van der Waals surface area contributed by atoms with Crippen LogP contribution < -0.4 is 0 Å². The van der Waals surface area contributed by atoms with E-state index in [1.165, 1.54) is 16.2 Å². The zero-order chi connectivity index (χ0) is 11.5. The molecule has 1 saturated heterocycles. The van der Waals surface area contributed by atoms with E-state index in [0.717, 1.165) is 5.56 Å². The second-order valence-corrected chi connectivity index (χ2v) is 4.60. The van der Waals surface area contributed by atoms with Crippen molar-refractivity contribution in [1.29, 1.82) is 0 Å². The van der Waals surface area contributed by atoms with E-state index in [-0.39, 0.29) is 18.4 Å². The molecular formula is C11H13NO3S. The maximum absolute atomic E-state index is 11.5. The number of β-amino-alcohol motifs (C(OH)–C–C–N with tert-alkyl or cyclic N) is 1. The number of likely N-dealkylation sites (tertiary alicyclic amines) is 1. The molecule has 1 atom stereocenters. The number of piperidine rings is 1. The summed E-state index contributed by atoms with van der Waals surface area (Å²) in [5.41, 5.74) is 0.760. The molecule has 4 nitrogen and oxygen atoms in total. The van der Waals surface area contributed by atoms with Gasteiger partial charge in [0.1, 0.15) is 0 Å². The van der Waals surface area contributed by atoms with Crippen LogP contribution in [0.5, 0.6) is 0 Å². The van der Waals surface area contributed by atoms with Gasteiger partial charge in [0.2, 0.25) is 11.8 Å². The lowest BCUT2D eigenvalue weighted by atomic mass is 10.1. The first-order chi connectivity index (χ1) is 7.68. The summed E-state index contributed by atoms with van der Waals surface area (Å²) in [7, 11) is 0. The molecule has 2 heterocycles. The fourth-order valence-corrected chi connectivity index (χ4v) is 2.45. The van der Waals surface area contributed by atoms with Crippen LogP contribution in [0.4, 0.5) is 0 Å². The van der Waals surface area contributed by atoms with Gasteiger partial charge in [-0.05, 0) is 28.8 Å². The van der Waals surface area contributed by atoms with Gasteiger partial charge in [0.25, 0.3) is 0 Å². The quantitative estimate of drug-likeness (QED) is 0.809. The molecule has 0 aliphatic carbocycles. The summed E-state index contributed by atoms with van der Waals surface area (Å²) in [6.45, 7) is 0.0778. The standard InChI is InChI=1S/C11H13NO3S/c13-9(8-4-5-16-7-8)6-12-10(14)2-1-3-11(12)15/h4-5,7,9,13H,1-3,6H2. The molecule has 1 fully saturated rings. The number of carbonyl (C=O) groups excluding carboxylic acids is 2. The minimum absolute atomic E-state index is 0.0778. The first-order valence-corrected chi connectivity index (χ1v) is 6.16. The fraction of sp³-hybridized carbons (Fsp3) is 0.455. The first kappa shape index (κ1) is 11.3. The van der Waals surface area contributed by atoms with Crippen molar-refractivity contribution >= 4 is 23.2 Å². The monoisotopic (exact) mass is 239 g/mol. The van der Waals surface area contributed by atoms with Gasteiger partial charge in [-0.15, -0.1) is 0 Å². The zero-order valence-corrected chi connectivity index (χ0v) is 9.57. The maximum Gasteiger partial charge on any atom is 0.229 e. The Hall–Kier alpha value is -1.20. The van der Waals surface area contributed by atoms with Crippen LogP contribution in [0, 0.1) is 0 Å². The molecule has 1 N–H and O–H groups in total. The first-order valence-electron chi connectivity index (χ1n) is 5.22. The largest absolute Gasteiger partial charge is 0.387 e. The summed E-state index contributed by atoms with van der Waals surface area (Å²) in [6.07, 6.45) is 0.671. The van der Waals surface area contributed by atoms with Gasteiger partial charge in [0, 0.05) is 12.8 Å². The maximum atomic E-state index is 11.5. The summed E-state index contributed by atoms with van der Waals surface area (Å²) in [6, 6.07) is 1.80. The van der Waals surface area contributed by atoms with Crippen LogP contribution >= 0.6 is 11.3 Å². The lowest BCUT2D eigenvalue weighted by molar-refractivity contribution is -0.149. The fourth-order valence-electron chi connectivity index (χ4n) is 1.75. The van der Waals surface area contributed by atoms with Gasteiger partial charge in [0.05, 0.1) is 12.6 Å². The number of hydrogen-bond donors (Lipinski definition) is 1. The normalized spacial score (nSPS) is 18.9. The predicted octanol–water partition coefficient (Wildman–Crippen LogP) is 1.32. The van der Waals surface area contributed by atoms with Crippen LogP contribution in [-0.4, -0.2) is 28.4 Å². The summed E-state index contributed by atoms with van der Waals surface area (Å²) in [5.74, 6) is -0.351. The number of nitrogens with zero attached hydrogens (tertiary/aromatic N) is 1. The molecule has 1 unspecified atom stereocenters. The molecule has 0 aromatic carbocycles. The van der Waals surface area contributed by atoms with Crippen molar-refractivity contribution in [2.75, 3.05) is 6.54 Å². The second-order valence-electron chi connectivity index (χ2n) is 3.82. The minimum atomic E-state index is -0.766. The highest BCUT2D eigenvalue weighted by molar-refractivity contribution is 7.07. The Labute approximate surface area is 97.5 Å². The summed E-state index contributed by atoms with van der Waals surface area (Å²) in [4.78, 5) is 24.2. The molecule has 5 heteroatoms. The van der Waals surface area contributed by atoms with Crippen LogP contribution in [0.15, 0.2) is 16.8 Å². The van der Waals surface area contributed by atoms with Gasteiger partial charge in [-0.2, -0.15) is 11.3 Å². The molecule has 0 saturated carbocycles.